The molecule has 1 aliphatic heterocycles. The maximum Gasteiger partial charge on any atom is 0.181 e. The molecule has 0 saturated heterocycles. The van der Waals surface area contributed by atoms with Gasteiger partial charge in [0.25, 0.3) is 0 Å². The quantitative estimate of drug-likeness (QED) is 0.775. The molecule has 1 atom stereocenters. The summed E-state index contributed by atoms with van der Waals surface area (Å²) in [5.41, 5.74) is 3.90. The monoisotopic (exact) mass is 307 g/mol. The summed E-state index contributed by atoms with van der Waals surface area (Å²) in [4.78, 5) is 17.5. The van der Waals surface area contributed by atoms with Crippen LogP contribution in [-0.4, -0.2) is 17.0 Å². The molecule has 0 aromatic heterocycles. The van der Waals surface area contributed by atoms with Gasteiger partial charge in [0.05, 0.1) is 16.7 Å². The van der Waals surface area contributed by atoms with Gasteiger partial charge in [-0.1, -0.05) is 55.8 Å². The van der Waals surface area contributed by atoms with Crippen molar-refractivity contribution in [1.29, 1.82) is 0 Å². The third kappa shape index (κ3) is 2.60. The van der Waals surface area contributed by atoms with E-state index in [0.717, 1.165) is 28.8 Å². The Morgan fingerprint density at radius 1 is 1.13 bits per heavy atom. The summed E-state index contributed by atoms with van der Waals surface area (Å²) in [6.07, 6.45) is 4.95. The number of hydrogen-bond donors (Lipinski definition) is 0. The predicted molar refractivity (Wildman–Crippen MR) is 95.8 cm³/mol. The predicted octanol–water partition coefficient (Wildman–Crippen LogP) is 4.76. The number of nitrogens with zero attached hydrogens (tertiary/aromatic N) is 1. The van der Waals surface area contributed by atoms with E-state index in [-0.39, 0.29) is 22.7 Å². The van der Waals surface area contributed by atoms with Gasteiger partial charge in [-0.3, -0.25) is 9.79 Å². The van der Waals surface area contributed by atoms with Crippen molar-refractivity contribution in [2.45, 2.75) is 46.6 Å². The van der Waals surface area contributed by atoms with Crippen molar-refractivity contribution >= 4 is 11.5 Å². The second-order valence-electron chi connectivity index (χ2n) is 7.73. The molecule has 120 valence electrons. The molecule has 0 bridgehead atoms. The highest BCUT2D eigenvalue weighted by Crippen LogP contribution is 2.50. The first kappa shape index (κ1) is 15.9. The second-order valence-corrected chi connectivity index (χ2v) is 7.73. The number of hydrogen-bond acceptors (Lipinski definition) is 2. The zero-order chi connectivity index (χ0) is 16.8. The molecule has 3 rings (SSSR count). The first-order valence-corrected chi connectivity index (χ1v) is 8.37. The van der Waals surface area contributed by atoms with Gasteiger partial charge in [0.15, 0.2) is 5.78 Å². The third-order valence-corrected chi connectivity index (χ3v) is 4.96. The van der Waals surface area contributed by atoms with Crippen LogP contribution in [0.5, 0.6) is 0 Å². The van der Waals surface area contributed by atoms with E-state index in [0.29, 0.717) is 0 Å². The Hall–Kier alpha value is -1.96. The van der Waals surface area contributed by atoms with Crippen LogP contribution in [0.4, 0.5) is 0 Å². The normalized spacial score (nSPS) is 26.3. The van der Waals surface area contributed by atoms with Gasteiger partial charge >= 0.3 is 0 Å². The minimum absolute atomic E-state index is 0.126. The molecule has 1 unspecified atom stereocenters. The van der Waals surface area contributed by atoms with Crippen molar-refractivity contribution in [1.82, 2.24) is 0 Å². The Bertz CT molecular complexity index is 734. The molecule has 1 aromatic rings. The highest BCUT2D eigenvalue weighted by atomic mass is 16.1. The number of carbonyl (C=O) groups excluding carboxylic acids is 1. The molecule has 0 radical (unpaired) electrons. The fraction of sp³-hybridized carbons (Fsp3) is 0.429. The van der Waals surface area contributed by atoms with Gasteiger partial charge in [0.2, 0.25) is 0 Å². The van der Waals surface area contributed by atoms with Crippen LogP contribution in [0.25, 0.3) is 0 Å². The van der Waals surface area contributed by atoms with Crippen molar-refractivity contribution in [3.05, 3.63) is 59.2 Å². The molecule has 0 fully saturated rings. The molecular formula is C21H25NO. The van der Waals surface area contributed by atoms with Crippen molar-refractivity contribution < 1.29 is 4.79 Å². The molecule has 1 aliphatic carbocycles. The second kappa shape index (κ2) is 5.30. The van der Waals surface area contributed by atoms with E-state index >= 15 is 0 Å². The molecule has 2 heteroatoms. The number of rotatable bonds is 2. The average molecular weight is 307 g/mol. The van der Waals surface area contributed by atoms with Crippen LogP contribution in [0.2, 0.25) is 0 Å². The van der Waals surface area contributed by atoms with Gasteiger partial charge in [-0.25, -0.2) is 0 Å². The number of benzene rings is 1. The van der Waals surface area contributed by atoms with Crippen molar-refractivity contribution in [2.24, 2.45) is 16.3 Å². The number of allylic oxidation sites excluding steroid dienone is 4. The number of aliphatic imine (C=N–C) groups is 1. The Kier molecular flexibility index (Phi) is 3.66. The summed E-state index contributed by atoms with van der Waals surface area (Å²) in [5, 5.41) is 0. The van der Waals surface area contributed by atoms with Crippen LogP contribution in [0.3, 0.4) is 0 Å². The van der Waals surface area contributed by atoms with Crippen LogP contribution < -0.4 is 0 Å². The van der Waals surface area contributed by atoms with Crippen molar-refractivity contribution in [3.63, 3.8) is 0 Å². The lowest BCUT2D eigenvalue weighted by Gasteiger charge is -2.35. The van der Waals surface area contributed by atoms with E-state index in [2.05, 4.69) is 65.0 Å². The fourth-order valence-electron chi connectivity index (χ4n) is 3.88. The SMILES string of the molecule is CC1=CC(=O)C(C(C)C)=CC12CC(C)(C)N=C2c1ccccc1. The average Bonchev–Trinajstić information content (AvgIpc) is 2.76. The van der Waals surface area contributed by atoms with Crippen LogP contribution in [0, 0.1) is 11.3 Å². The summed E-state index contributed by atoms with van der Waals surface area (Å²) >= 11 is 0. The summed E-state index contributed by atoms with van der Waals surface area (Å²) < 4.78 is 0. The molecular weight excluding hydrogens is 282 g/mol. The standard InChI is InChI=1S/C21H25NO/c1-14(2)17-12-21(15(3)11-18(17)23)13-20(4,5)22-19(21)16-9-7-6-8-10-16/h6-12,14H,13H2,1-5H3. The summed E-state index contributed by atoms with van der Waals surface area (Å²) in [6.45, 7) is 10.6. The first-order chi connectivity index (χ1) is 10.8. The summed E-state index contributed by atoms with van der Waals surface area (Å²) in [6, 6.07) is 10.4. The maximum absolute atomic E-state index is 12.4. The Labute approximate surface area is 139 Å². The van der Waals surface area contributed by atoms with Crippen LogP contribution in [-0.2, 0) is 4.79 Å². The number of carbonyl (C=O) groups is 1. The molecule has 1 spiro atoms. The van der Waals surface area contributed by atoms with Gasteiger partial charge in [-0.15, -0.1) is 0 Å². The zero-order valence-electron chi connectivity index (χ0n) is 14.7. The highest BCUT2D eigenvalue weighted by molar-refractivity contribution is 6.14. The largest absolute Gasteiger partial charge is 0.290 e. The first-order valence-electron chi connectivity index (χ1n) is 8.37. The Morgan fingerprint density at radius 3 is 2.39 bits per heavy atom. The molecule has 0 saturated carbocycles. The lowest BCUT2D eigenvalue weighted by atomic mass is 9.66. The van der Waals surface area contributed by atoms with E-state index < -0.39 is 0 Å². The third-order valence-electron chi connectivity index (χ3n) is 4.96. The number of ketones is 1. The van der Waals surface area contributed by atoms with Crippen LogP contribution in [0.1, 0.15) is 46.6 Å². The molecule has 2 aliphatic rings. The highest BCUT2D eigenvalue weighted by Gasteiger charge is 2.48. The van der Waals surface area contributed by atoms with Crippen molar-refractivity contribution in [3.8, 4) is 0 Å². The topological polar surface area (TPSA) is 29.4 Å². The van der Waals surface area contributed by atoms with Crippen LogP contribution >= 0.6 is 0 Å². The molecule has 23 heavy (non-hydrogen) atoms. The Morgan fingerprint density at radius 2 is 1.78 bits per heavy atom. The molecule has 1 aromatic carbocycles. The van der Waals surface area contributed by atoms with E-state index in [1.807, 2.05) is 12.1 Å². The van der Waals surface area contributed by atoms with E-state index in [4.69, 9.17) is 4.99 Å². The van der Waals surface area contributed by atoms with Gasteiger partial charge in [-0.05, 0) is 50.3 Å². The lowest BCUT2D eigenvalue weighted by molar-refractivity contribution is -0.112. The summed E-state index contributed by atoms with van der Waals surface area (Å²) in [5.74, 6) is 0.379. The van der Waals surface area contributed by atoms with Gasteiger partial charge in [0, 0.05) is 0 Å². The minimum atomic E-state index is -0.252. The Balaban J connectivity index is 2.21. The van der Waals surface area contributed by atoms with Gasteiger partial charge < -0.3 is 0 Å². The summed E-state index contributed by atoms with van der Waals surface area (Å²) in [7, 11) is 0. The van der Waals surface area contributed by atoms with Crippen LogP contribution in [0.15, 0.2) is 58.6 Å². The van der Waals surface area contributed by atoms with Gasteiger partial charge in [-0.2, -0.15) is 0 Å². The fourth-order valence-corrected chi connectivity index (χ4v) is 3.88. The molecule has 2 nitrogen and oxygen atoms in total. The van der Waals surface area contributed by atoms with E-state index in [1.54, 1.807) is 0 Å². The van der Waals surface area contributed by atoms with E-state index in [1.165, 1.54) is 0 Å². The molecule has 1 heterocycles. The smallest absolute Gasteiger partial charge is 0.181 e. The molecule has 0 amide bonds. The molecule has 0 N–H and O–H groups in total. The van der Waals surface area contributed by atoms with Gasteiger partial charge in [0.1, 0.15) is 0 Å². The zero-order valence-corrected chi connectivity index (χ0v) is 14.7. The van der Waals surface area contributed by atoms with Crippen molar-refractivity contribution in [2.75, 3.05) is 0 Å². The maximum atomic E-state index is 12.4. The minimum Gasteiger partial charge on any atom is -0.290 e. The van der Waals surface area contributed by atoms with E-state index in [9.17, 15) is 4.79 Å². The lowest BCUT2D eigenvalue weighted by Crippen LogP contribution is -2.34.